The Hall–Kier alpha value is -3.27. The molecule has 0 saturated heterocycles. The number of benzene rings is 2. The molecule has 0 radical (unpaired) electrons. The Bertz CT molecular complexity index is 992. The smallest absolute Gasteiger partial charge is 0.189 e. The number of phenols is 2. The summed E-state index contributed by atoms with van der Waals surface area (Å²) in [5.41, 5.74) is 2.60. The highest BCUT2D eigenvalue weighted by Gasteiger charge is 2.28. The van der Waals surface area contributed by atoms with E-state index in [1.807, 2.05) is 19.1 Å². The lowest BCUT2D eigenvalue weighted by molar-refractivity contribution is 0.104. The third-order valence-corrected chi connectivity index (χ3v) is 4.87. The maximum absolute atomic E-state index is 12.6. The highest BCUT2D eigenvalue weighted by molar-refractivity contribution is 6.09. The molecule has 1 heterocycles. The Morgan fingerprint density at radius 3 is 2.55 bits per heavy atom. The third kappa shape index (κ3) is 5.17. The zero-order valence-corrected chi connectivity index (χ0v) is 17.0. The number of carbonyl (C=O) groups excluding carboxylic acids is 1. The molecule has 0 saturated carbocycles. The van der Waals surface area contributed by atoms with E-state index in [2.05, 4.69) is 19.9 Å². The highest BCUT2D eigenvalue weighted by Crippen LogP contribution is 2.37. The van der Waals surface area contributed by atoms with Gasteiger partial charge in [0, 0.05) is 11.6 Å². The van der Waals surface area contributed by atoms with Crippen molar-refractivity contribution in [1.29, 1.82) is 0 Å². The van der Waals surface area contributed by atoms with Crippen LogP contribution in [0.4, 0.5) is 0 Å². The summed E-state index contributed by atoms with van der Waals surface area (Å²) in [6.45, 7) is 6.16. The van der Waals surface area contributed by atoms with Gasteiger partial charge in [-0.1, -0.05) is 35.9 Å². The first-order chi connectivity index (χ1) is 13.8. The molecular weight excluding hydrogens is 364 g/mol. The molecule has 2 N–H and O–H groups in total. The van der Waals surface area contributed by atoms with E-state index in [1.165, 1.54) is 17.7 Å². The van der Waals surface area contributed by atoms with Crippen LogP contribution in [0, 0.1) is 0 Å². The summed E-state index contributed by atoms with van der Waals surface area (Å²) in [6, 6.07) is 9.69. The molecule has 0 bridgehead atoms. The predicted octanol–water partition coefficient (Wildman–Crippen LogP) is 5.90. The Kier molecular flexibility index (Phi) is 5.92. The number of hydrogen-bond donors (Lipinski definition) is 2. The van der Waals surface area contributed by atoms with Gasteiger partial charge in [0.25, 0.3) is 0 Å². The van der Waals surface area contributed by atoms with Crippen LogP contribution in [0.25, 0.3) is 12.2 Å². The van der Waals surface area contributed by atoms with E-state index in [9.17, 15) is 15.0 Å². The fraction of sp³-hybridized carbons (Fsp3) is 0.240. The second kappa shape index (κ2) is 8.39. The number of allylic oxidation sites excluding steroid dienone is 3. The van der Waals surface area contributed by atoms with Gasteiger partial charge in [0.1, 0.15) is 22.8 Å². The zero-order valence-electron chi connectivity index (χ0n) is 17.0. The van der Waals surface area contributed by atoms with E-state index in [0.717, 1.165) is 24.0 Å². The number of carbonyl (C=O) groups is 1. The van der Waals surface area contributed by atoms with E-state index >= 15 is 0 Å². The van der Waals surface area contributed by atoms with Crippen molar-refractivity contribution < 1.29 is 19.7 Å². The molecule has 1 aliphatic heterocycles. The molecule has 4 heteroatoms. The molecule has 3 rings (SSSR count). The first kappa shape index (κ1) is 20.5. The van der Waals surface area contributed by atoms with Gasteiger partial charge in [-0.15, -0.1) is 0 Å². The Morgan fingerprint density at radius 2 is 1.86 bits per heavy atom. The first-order valence-corrected chi connectivity index (χ1v) is 9.66. The summed E-state index contributed by atoms with van der Waals surface area (Å²) in [7, 11) is 0. The van der Waals surface area contributed by atoms with Crippen LogP contribution in [0.3, 0.4) is 0 Å². The first-order valence-electron chi connectivity index (χ1n) is 9.66. The summed E-state index contributed by atoms with van der Waals surface area (Å²) in [5.74, 6) is 0.332. The van der Waals surface area contributed by atoms with Crippen molar-refractivity contribution in [3.05, 3.63) is 76.9 Å². The van der Waals surface area contributed by atoms with Gasteiger partial charge in [-0.3, -0.25) is 4.79 Å². The molecule has 0 aromatic heterocycles. The van der Waals surface area contributed by atoms with Crippen molar-refractivity contribution in [3.63, 3.8) is 0 Å². The van der Waals surface area contributed by atoms with Crippen molar-refractivity contribution in [2.45, 2.75) is 39.2 Å². The molecule has 0 amide bonds. The van der Waals surface area contributed by atoms with Gasteiger partial charge in [0.15, 0.2) is 5.78 Å². The Balaban J connectivity index is 1.77. The topological polar surface area (TPSA) is 66.8 Å². The maximum Gasteiger partial charge on any atom is 0.189 e. The van der Waals surface area contributed by atoms with Crippen molar-refractivity contribution in [3.8, 4) is 17.2 Å². The lowest BCUT2D eigenvalue weighted by Gasteiger charge is -2.31. The molecule has 0 unspecified atom stereocenters. The standard InChI is InChI=1S/C25H26O4/c1-17(2)5-4-13-25(3)14-12-19-15-21(23(28)16-24(19)29-25)22(27)11-8-18-6-9-20(26)10-7-18/h5-12,14-16,26,28H,4,13H2,1-3H3/b11-8+/t25-/m1/s1. The van der Waals surface area contributed by atoms with Gasteiger partial charge in [0.05, 0.1) is 5.56 Å². The number of rotatable bonds is 6. The summed E-state index contributed by atoms with van der Waals surface area (Å²) in [5, 5.41) is 19.7. The van der Waals surface area contributed by atoms with Gasteiger partial charge in [0.2, 0.25) is 0 Å². The lowest BCUT2D eigenvalue weighted by Crippen LogP contribution is -2.31. The molecule has 0 fully saturated rings. The number of aromatic hydroxyl groups is 2. The molecule has 150 valence electrons. The van der Waals surface area contributed by atoms with E-state index in [4.69, 9.17) is 4.74 Å². The molecule has 0 aliphatic carbocycles. The summed E-state index contributed by atoms with van der Waals surface area (Å²) >= 11 is 0. The average molecular weight is 390 g/mol. The molecule has 1 atom stereocenters. The van der Waals surface area contributed by atoms with Crippen molar-refractivity contribution >= 4 is 17.9 Å². The average Bonchev–Trinajstić information content (AvgIpc) is 2.66. The minimum atomic E-state index is -0.449. The van der Waals surface area contributed by atoms with Gasteiger partial charge in [-0.05, 0) is 69.5 Å². The SMILES string of the molecule is CC(C)=CCC[C@]1(C)C=Cc2cc(C(=O)/C=C/c3ccc(O)cc3)c(O)cc2O1. The molecule has 2 aromatic rings. The fourth-order valence-corrected chi connectivity index (χ4v) is 3.18. The summed E-state index contributed by atoms with van der Waals surface area (Å²) < 4.78 is 6.13. The number of ketones is 1. The van der Waals surface area contributed by atoms with Crippen LogP contribution in [-0.2, 0) is 0 Å². The van der Waals surface area contributed by atoms with Gasteiger partial charge in [-0.2, -0.15) is 0 Å². The monoisotopic (exact) mass is 390 g/mol. The van der Waals surface area contributed by atoms with Crippen LogP contribution in [0.15, 0.2) is 60.2 Å². The van der Waals surface area contributed by atoms with Crippen LogP contribution < -0.4 is 4.74 Å². The largest absolute Gasteiger partial charge is 0.508 e. The van der Waals surface area contributed by atoms with Crippen molar-refractivity contribution in [2.24, 2.45) is 0 Å². The van der Waals surface area contributed by atoms with Gasteiger partial charge >= 0.3 is 0 Å². The molecular formula is C25H26O4. The fourth-order valence-electron chi connectivity index (χ4n) is 3.18. The quantitative estimate of drug-likeness (QED) is 0.366. The molecule has 2 aromatic carbocycles. The number of ether oxygens (including phenoxy) is 1. The highest BCUT2D eigenvalue weighted by atomic mass is 16.5. The number of fused-ring (bicyclic) bond motifs is 1. The van der Waals surface area contributed by atoms with E-state index in [1.54, 1.807) is 36.4 Å². The van der Waals surface area contributed by atoms with Crippen LogP contribution in [0.5, 0.6) is 17.2 Å². The summed E-state index contributed by atoms with van der Waals surface area (Å²) in [6.07, 6.45) is 10.9. The van der Waals surface area contributed by atoms with Crippen molar-refractivity contribution in [2.75, 3.05) is 0 Å². The van der Waals surface area contributed by atoms with E-state index in [0.29, 0.717) is 5.75 Å². The van der Waals surface area contributed by atoms with Gasteiger partial charge in [-0.25, -0.2) is 0 Å². The molecule has 29 heavy (non-hydrogen) atoms. The number of phenolic OH excluding ortho intramolecular Hbond substituents is 2. The second-order valence-corrected chi connectivity index (χ2v) is 7.76. The minimum Gasteiger partial charge on any atom is -0.508 e. The van der Waals surface area contributed by atoms with Crippen LogP contribution in [0.1, 0.15) is 55.1 Å². The van der Waals surface area contributed by atoms with Crippen molar-refractivity contribution in [1.82, 2.24) is 0 Å². The molecule has 1 aliphatic rings. The predicted molar refractivity (Wildman–Crippen MR) is 116 cm³/mol. The van der Waals surface area contributed by atoms with E-state index in [-0.39, 0.29) is 22.8 Å². The third-order valence-electron chi connectivity index (χ3n) is 4.87. The normalized spacial score (nSPS) is 17.6. The van der Waals surface area contributed by atoms with Crippen LogP contribution >= 0.6 is 0 Å². The second-order valence-electron chi connectivity index (χ2n) is 7.76. The maximum atomic E-state index is 12.6. The van der Waals surface area contributed by atoms with E-state index < -0.39 is 5.60 Å². The Morgan fingerprint density at radius 1 is 1.14 bits per heavy atom. The lowest BCUT2D eigenvalue weighted by atomic mass is 9.93. The minimum absolute atomic E-state index is 0.106. The van der Waals surface area contributed by atoms with Gasteiger partial charge < -0.3 is 14.9 Å². The number of hydrogen-bond acceptors (Lipinski definition) is 4. The molecule has 0 spiro atoms. The zero-order chi connectivity index (χ0) is 21.0. The summed E-state index contributed by atoms with van der Waals surface area (Å²) in [4.78, 5) is 12.6. The molecule has 4 nitrogen and oxygen atoms in total. The van der Waals surface area contributed by atoms with Crippen LogP contribution in [-0.4, -0.2) is 21.6 Å². The van der Waals surface area contributed by atoms with Crippen LogP contribution in [0.2, 0.25) is 0 Å². The Labute approximate surface area is 171 Å².